The van der Waals surface area contributed by atoms with Gasteiger partial charge in [0, 0.05) is 5.56 Å². The minimum Gasteiger partial charge on any atom is -0.496 e. The molecule has 0 unspecified atom stereocenters. The molecule has 1 saturated carbocycles. The van der Waals surface area contributed by atoms with E-state index >= 15 is 0 Å². The maximum Gasteiger partial charge on any atom is 0.125 e. The smallest absolute Gasteiger partial charge is 0.125 e. The van der Waals surface area contributed by atoms with Crippen molar-refractivity contribution in [1.82, 2.24) is 0 Å². The van der Waals surface area contributed by atoms with Gasteiger partial charge in [0.25, 0.3) is 0 Å². The summed E-state index contributed by atoms with van der Waals surface area (Å²) < 4.78 is 10.7. The first kappa shape index (κ1) is 9.19. The Bertz CT molecular complexity index is 408. The van der Waals surface area contributed by atoms with Gasteiger partial charge in [0.05, 0.1) is 25.9 Å². The van der Waals surface area contributed by atoms with Crippen LogP contribution in [0, 0.1) is 0 Å². The number of methoxy groups -OCH3 is 1. The highest BCUT2D eigenvalue weighted by atomic mass is 16.5. The molecular weight excluding hydrogens is 192 g/mol. The fraction of sp³-hybridized carbons (Fsp3) is 0.500. The summed E-state index contributed by atoms with van der Waals surface area (Å²) >= 11 is 0. The van der Waals surface area contributed by atoms with E-state index in [1.807, 2.05) is 12.1 Å². The molecule has 3 heteroatoms. The molecule has 1 heterocycles. The molecule has 0 spiro atoms. The number of hydrogen-bond donors (Lipinski definition) is 1. The van der Waals surface area contributed by atoms with Crippen LogP contribution in [0.3, 0.4) is 0 Å². The zero-order chi connectivity index (χ0) is 10.5. The molecule has 1 fully saturated rings. The molecule has 1 aliphatic carbocycles. The minimum atomic E-state index is -0.636. The molecule has 0 aromatic heterocycles. The van der Waals surface area contributed by atoms with E-state index in [1.54, 1.807) is 7.11 Å². The number of benzene rings is 1. The van der Waals surface area contributed by atoms with Gasteiger partial charge in [0.2, 0.25) is 0 Å². The summed E-state index contributed by atoms with van der Waals surface area (Å²) in [6.45, 7) is 1.31. The molecule has 1 N–H and O–H groups in total. The Morgan fingerprint density at radius 2 is 1.93 bits per heavy atom. The molecule has 1 aliphatic heterocycles. The zero-order valence-electron chi connectivity index (χ0n) is 8.75. The van der Waals surface area contributed by atoms with Crippen LogP contribution < -0.4 is 4.74 Å². The fourth-order valence-electron chi connectivity index (χ4n) is 2.13. The molecule has 2 aliphatic rings. The van der Waals surface area contributed by atoms with Gasteiger partial charge in [-0.05, 0) is 36.1 Å². The average Bonchev–Trinajstić information content (AvgIpc) is 2.83. The minimum absolute atomic E-state index is 0.636. The summed E-state index contributed by atoms with van der Waals surface area (Å²) in [4.78, 5) is 0. The molecule has 0 radical (unpaired) electrons. The van der Waals surface area contributed by atoms with Gasteiger partial charge in [-0.2, -0.15) is 0 Å². The third-order valence-electron chi connectivity index (χ3n) is 3.26. The predicted octanol–water partition coefficient (Wildman–Crippen LogP) is 1.71. The molecule has 3 rings (SSSR count). The third-order valence-corrected chi connectivity index (χ3v) is 3.26. The van der Waals surface area contributed by atoms with Crippen molar-refractivity contribution in [2.24, 2.45) is 0 Å². The monoisotopic (exact) mass is 206 g/mol. The molecule has 0 atom stereocenters. The van der Waals surface area contributed by atoms with E-state index in [0.29, 0.717) is 13.2 Å². The van der Waals surface area contributed by atoms with Gasteiger partial charge >= 0.3 is 0 Å². The maximum atomic E-state index is 10.1. The van der Waals surface area contributed by atoms with Gasteiger partial charge in [0.15, 0.2) is 0 Å². The van der Waals surface area contributed by atoms with Crippen molar-refractivity contribution in [3.8, 4) is 5.75 Å². The highest BCUT2D eigenvalue weighted by molar-refractivity contribution is 5.48. The van der Waals surface area contributed by atoms with E-state index in [9.17, 15) is 5.11 Å². The second kappa shape index (κ2) is 2.97. The number of hydrogen-bond acceptors (Lipinski definition) is 3. The lowest BCUT2D eigenvalue weighted by molar-refractivity contribution is 0.134. The topological polar surface area (TPSA) is 38.7 Å². The average molecular weight is 206 g/mol. The second-order valence-corrected chi connectivity index (χ2v) is 4.35. The summed E-state index contributed by atoms with van der Waals surface area (Å²) in [5.74, 6) is 0.791. The van der Waals surface area contributed by atoms with Crippen molar-refractivity contribution in [2.45, 2.75) is 31.7 Å². The second-order valence-electron chi connectivity index (χ2n) is 4.35. The lowest BCUT2D eigenvalue weighted by atomic mass is 10.00. The molecule has 15 heavy (non-hydrogen) atoms. The highest BCUT2D eigenvalue weighted by Crippen LogP contribution is 2.49. The lowest BCUT2D eigenvalue weighted by Crippen LogP contribution is -2.07. The summed E-state index contributed by atoms with van der Waals surface area (Å²) in [5, 5.41) is 10.1. The van der Waals surface area contributed by atoms with Gasteiger partial charge in [0.1, 0.15) is 5.75 Å². The normalized spacial score (nSPS) is 21.2. The summed E-state index contributed by atoms with van der Waals surface area (Å²) in [6.07, 6.45) is 1.67. The van der Waals surface area contributed by atoms with Crippen LogP contribution >= 0.6 is 0 Å². The van der Waals surface area contributed by atoms with E-state index < -0.39 is 5.60 Å². The predicted molar refractivity (Wildman–Crippen MR) is 54.6 cm³/mol. The quantitative estimate of drug-likeness (QED) is 0.800. The van der Waals surface area contributed by atoms with Crippen LogP contribution in [0.4, 0.5) is 0 Å². The van der Waals surface area contributed by atoms with E-state index in [4.69, 9.17) is 9.47 Å². The fourth-order valence-corrected chi connectivity index (χ4v) is 2.13. The Morgan fingerprint density at radius 3 is 2.53 bits per heavy atom. The van der Waals surface area contributed by atoms with E-state index in [-0.39, 0.29) is 0 Å². The van der Waals surface area contributed by atoms with Crippen LogP contribution in [0.25, 0.3) is 0 Å². The van der Waals surface area contributed by atoms with Crippen molar-refractivity contribution in [2.75, 3.05) is 7.11 Å². The van der Waals surface area contributed by atoms with Crippen LogP contribution in [0.5, 0.6) is 5.75 Å². The first-order valence-electron chi connectivity index (χ1n) is 5.23. The number of ether oxygens (including phenoxy) is 2. The van der Waals surface area contributed by atoms with Gasteiger partial charge in [-0.25, -0.2) is 0 Å². The highest BCUT2D eigenvalue weighted by Gasteiger charge is 2.44. The largest absolute Gasteiger partial charge is 0.496 e. The molecule has 0 amide bonds. The van der Waals surface area contributed by atoms with Crippen LogP contribution in [-0.4, -0.2) is 12.2 Å². The SMILES string of the molecule is COc1cc2c(cc1C1(O)CC1)COC2. The first-order valence-corrected chi connectivity index (χ1v) is 5.23. The maximum absolute atomic E-state index is 10.1. The zero-order valence-corrected chi connectivity index (χ0v) is 8.75. The molecule has 3 nitrogen and oxygen atoms in total. The lowest BCUT2D eigenvalue weighted by Gasteiger charge is -2.14. The van der Waals surface area contributed by atoms with Crippen molar-refractivity contribution >= 4 is 0 Å². The van der Waals surface area contributed by atoms with Crippen molar-refractivity contribution in [3.63, 3.8) is 0 Å². The number of rotatable bonds is 2. The van der Waals surface area contributed by atoms with Crippen molar-refractivity contribution in [3.05, 3.63) is 28.8 Å². The third kappa shape index (κ3) is 1.34. The van der Waals surface area contributed by atoms with Crippen LogP contribution in [0.15, 0.2) is 12.1 Å². The summed E-state index contributed by atoms with van der Waals surface area (Å²) in [7, 11) is 1.65. The molecular formula is C12H14O3. The van der Waals surface area contributed by atoms with Gasteiger partial charge in [-0.3, -0.25) is 0 Å². The Kier molecular flexibility index (Phi) is 1.82. The Balaban J connectivity index is 2.12. The number of aliphatic hydroxyl groups is 1. The Morgan fingerprint density at radius 1 is 1.27 bits per heavy atom. The van der Waals surface area contributed by atoms with Gasteiger partial charge < -0.3 is 14.6 Å². The Labute approximate surface area is 88.6 Å². The van der Waals surface area contributed by atoms with Crippen LogP contribution in [-0.2, 0) is 23.6 Å². The molecule has 80 valence electrons. The summed E-state index contributed by atoms with van der Waals surface area (Å²) in [6, 6.07) is 4.03. The van der Waals surface area contributed by atoms with Crippen LogP contribution in [0.1, 0.15) is 29.5 Å². The standard InChI is InChI=1S/C12H14O3/c1-14-11-5-9-7-15-6-8(9)4-10(11)12(13)2-3-12/h4-5,13H,2-3,6-7H2,1H3. The van der Waals surface area contributed by atoms with Crippen molar-refractivity contribution < 1.29 is 14.6 Å². The summed E-state index contributed by atoms with van der Waals surface area (Å²) in [5.41, 5.74) is 2.66. The molecule has 1 aromatic carbocycles. The van der Waals surface area contributed by atoms with Crippen molar-refractivity contribution in [1.29, 1.82) is 0 Å². The van der Waals surface area contributed by atoms with E-state index in [2.05, 4.69) is 0 Å². The Hall–Kier alpha value is -1.06. The van der Waals surface area contributed by atoms with Crippen LogP contribution in [0.2, 0.25) is 0 Å². The van der Waals surface area contributed by atoms with Gasteiger partial charge in [-0.1, -0.05) is 0 Å². The van der Waals surface area contributed by atoms with E-state index in [0.717, 1.165) is 24.2 Å². The molecule has 0 saturated heterocycles. The number of fused-ring (bicyclic) bond motifs is 1. The van der Waals surface area contributed by atoms with E-state index in [1.165, 1.54) is 11.1 Å². The molecule has 0 bridgehead atoms. The first-order chi connectivity index (χ1) is 7.23. The molecule has 1 aromatic rings. The van der Waals surface area contributed by atoms with Gasteiger partial charge in [-0.15, -0.1) is 0 Å².